The van der Waals surface area contributed by atoms with Gasteiger partial charge >= 0.3 is 12.0 Å². The molecule has 8 nitrogen and oxygen atoms in total. The topological polar surface area (TPSA) is 104 Å². The van der Waals surface area contributed by atoms with Crippen molar-refractivity contribution in [3.63, 3.8) is 0 Å². The van der Waals surface area contributed by atoms with Gasteiger partial charge in [-0.05, 0) is 43.7 Å². The molecule has 1 amide bonds. The molecular formula is C21H21N3O5. The van der Waals surface area contributed by atoms with Gasteiger partial charge in [-0.2, -0.15) is 0 Å². The molecule has 0 aliphatic rings. The predicted octanol–water partition coefficient (Wildman–Crippen LogP) is 3.46. The van der Waals surface area contributed by atoms with Crippen LogP contribution in [0.25, 0.3) is 11.5 Å². The van der Waals surface area contributed by atoms with Crippen LogP contribution >= 0.6 is 0 Å². The van der Waals surface area contributed by atoms with E-state index in [2.05, 4.69) is 15.5 Å². The van der Waals surface area contributed by atoms with E-state index in [9.17, 15) is 9.59 Å². The summed E-state index contributed by atoms with van der Waals surface area (Å²) in [5.41, 5.74) is 2.02. The van der Waals surface area contributed by atoms with Crippen LogP contribution in [0.4, 0.5) is 6.01 Å². The van der Waals surface area contributed by atoms with Crippen LogP contribution in [0.2, 0.25) is 0 Å². The number of carbonyl (C=O) groups is 2. The van der Waals surface area contributed by atoms with Gasteiger partial charge in [0.1, 0.15) is 0 Å². The van der Waals surface area contributed by atoms with E-state index in [4.69, 9.17) is 13.9 Å². The van der Waals surface area contributed by atoms with Gasteiger partial charge in [-0.3, -0.25) is 10.1 Å². The maximum atomic E-state index is 12.1. The zero-order valence-electron chi connectivity index (χ0n) is 16.1. The number of hydrogen-bond acceptors (Lipinski definition) is 7. The molecule has 0 aliphatic heterocycles. The van der Waals surface area contributed by atoms with Crippen LogP contribution in [0.3, 0.4) is 0 Å². The van der Waals surface area contributed by atoms with Gasteiger partial charge in [0.05, 0.1) is 18.3 Å². The monoisotopic (exact) mass is 395 g/mol. The van der Waals surface area contributed by atoms with Gasteiger partial charge in [0.25, 0.3) is 5.91 Å². The van der Waals surface area contributed by atoms with E-state index in [1.54, 1.807) is 36.4 Å². The second-order valence-corrected chi connectivity index (χ2v) is 6.46. The molecule has 3 rings (SSSR count). The predicted molar refractivity (Wildman–Crippen MR) is 105 cm³/mol. The quantitative estimate of drug-likeness (QED) is 0.583. The molecule has 0 unspecified atom stereocenters. The number of carbonyl (C=O) groups excluding carboxylic acids is 2. The first kappa shape index (κ1) is 20.2. The molecule has 0 spiro atoms. The lowest BCUT2D eigenvalue weighted by Crippen LogP contribution is -2.21. The lowest BCUT2D eigenvalue weighted by Gasteiger charge is -2.08. The number of hydrogen-bond donors (Lipinski definition) is 1. The standard InChI is InChI=1S/C21H21N3O5/c1-14(2)27-12-15-8-10-17(11-9-15)20(26)28-13-18(25)22-21-24-23-19(29-21)16-6-4-3-5-7-16/h3-11,14H,12-13H2,1-2H3,(H,22,24,25). The Morgan fingerprint density at radius 3 is 2.45 bits per heavy atom. The Morgan fingerprint density at radius 1 is 1.03 bits per heavy atom. The van der Waals surface area contributed by atoms with Crippen molar-refractivity contribution in [2.45, 2.75) is 26.6 Å². The number of benzene rings is 2. The van der Waals surface area contributed by atoms with Crippen LogP contribution in [0.5, 0.6) is 0 Å². The third-order valence-electron chi connectivity index (χ3n) is 3.80. The number of aromatic nitrogens is 2. The Morgan fingerprint density at radius 2 is 1.76 bits per heavy atom. The van der Waals surface area contributed by atoms with Gasteiger partial charge in [-0.1, -0.05) is 35.4 Å². The van der Waals surface area contributed by atoms with Crippen molar-refractivity contribution in [2.75, 3.05) is 11.9 Å². The third kappa shape index (κ3) is 5.98. The molecule has 0 saturated heterocycles. The lowest BCUT2D eigenvalue weighted by atomic mass is 10.1. The number of ether oxygens (including phenoxy) is 2. The number of rotatable bonds is 8. The van der Waals surface area contributed by atoms with Crippen molar-refractivity contribution in [2.24, 2.45) is 0 Å². The first-order valence-corrected chi connectivity index (χ1v) is 9.07. The highest BCUT2D eigenvalue weighted by molar-refractivity contribution is 5.94. The van der Waals surface area contributed by atoms with Crippen LogP contribution in [0, 0.1) is 0 Å². The summed E-state index contributed by atoms with van der Waals surface area (Å²) in [5, 5.41) is 10.0. The Hall–Kier alpha value is -3.52. The van der Waals surface area contributed by atoms with Gasteiger partial charge in [0.15, 0.2) is 6.61 Å². The molecule has 150 valence electrons. The van der Waals surface area contributed by atoms with Crippen LogP contribution in [0.1, 0.15) is 29.8 Å². The van der Waals surface area contributed by atoms with Gasteiger partial charge in [-0.15, -0.1) is 5.10 Å². The van der Waals surface area contributed by atoms with Crippen LogP contribution < -0.4 is 5.32 Å². The van der Waals surface area contributed by atoms with Crippen molar-refractivity contribution >= 4 is 17.9 Å². The highest BCUT2D eigenvalue weighted by Gasteiger charge is 2.14. The van der Waals surface area contributed by atoms with Crippen molar-refractivity contribution in [1.82, 2.24) is 10.2 Å². The third-order valence-corrected chi connectivity index (χ3v) is 3.80. The molecule has 0 fully saturated rings. The fourth-order valence-electron chi connectivity index (χ4n) is 2.34. The molecule has 0 saturated carbocycles. The smallest absolute Gasteiger partial charge is 0.338 e. The van der Waals surface area contributed by atoms with Crippen LogP contribution in [-0.2, 0) is 20.9 Å². The Kier molecular flexibility index (Phi) is 6.70. The van der Waals surface area contributed by atoms with Gasteiger partial charge in [0, 0.05) is 5.56 Å². The molecule has 1 heterocycles. The van der Waals surface area contributed by atoms with E-state index >= 15 is 0 Å². The zero-order valence-corrected chi connectivity index (χ0v) is 16.1. The average molecular weight is 395 g/mol. The van der Waals surface area contributed by atoms with E-state index in [0.29, 0.717) is 12.2 Å². The fourth-order valence-corrected chi connectivity index (χ4v) is 2.34. The number of nitrogens with one attached hydrogen (secondary N) is 1. The summed E-state index contributed by atoms with van der Waals surface area (Å²) < 4.78 is 15.9. The van der Waals surface area contributed by atoms with Crippen molar-refractivity contribution < 1.29 is 23.5 Å². The Bertz CT molecular complexity index is 952. The lowest BCUT2D eigenvalue weighted by molar-refractivity contribution is -0.119. The summed E-state index contributed by atoms with van der Waals surface area (Å²) in [4.78, 5) is 24.0. The second-order valence-electron chi connectivity index (χ2n) is 6.46. The zero-order chi connectivity index (χ0) is 20.6. The van der Waals surface area contributed by atoms with E-state index in [-0.39, 0.29) is 18.0 Å². The van der Waals surface area contributed by atoms with Crippen LogP contribution in [-0.4, -0.2) is 34.8 Å². The highest BCUT2D eigenvalue weighted by Crippen LogP contribution is 2.19. The molecule has 0 bridgehead atoms. The number of esters is 1. The molecule has 29 heavy (non-hydrogen) atoms. The summed E-state index contributed by atoms with van der Waals surface area (Å²) >= 11 is 0. The SMILES string of the molecule is CC(C)OCc1ccc(C(=O)OCC(=O)Nc2nnc(-c3ccccc3)o2)cc1. The summed E-state index contributed by atoms with van der Waals surface area (Å²) in [6.45, 7) is 3.89. The first-order valence-electron chi connectivity index (χ1n) is 9.07. The minimum atomic E-state index is -0.605. The summed E-state index contributed by atoms with van der Waals surface area (Å²) in [6, 6.07) is 15.9. The average Bonchev–Trinajstić information content (AvgIpc) is 3.20. The Balaban J connectivity index is 1.48. The molecule has 0 radical (unpaired) electrons. The van der Waals surface area contributed by atoms with Gasteiger partial charge < -0.3 is 13.9 Å². The first-order chi connectivity index (χ1) is 14.0. The maximum absolute atomic E-state index is 12.1. The molecule has 1 N–H and O–H groups in total. The molecule has 8 heteroatoms. The number of nitrogens with zero attached hydrogens (tertiary/aromatic N) is 2. The van der Waals surface area contributed by atoms with Crippen LogP contribution in [0.15, 0.2) is 59.0 Å². The van der Waals surface area contributed by atoms with Crippen molar-refractivity contribution in [1.29, 1.82) is 0 Å². The minimum absolute atomic E-state index is 0.0700. The molecule has 2 aromatic carbocycles. The van der Waals surface area contributed by atoms with E-state index < -0.39 is 18.5 Å². The summed E-state index contributed by atoms with van der Waals surface area (Å²) in [7, 11) is 0. The molecule has 3 aromatic rings. The molecule has 1 aromatic heterocycles. The maximum Gasteiger partial charge on any atom is 0.338 e. The normalized spacial score (nSPS) is 10.7. The van der Waals surface area contributed by atoms with E-state index in [1.807, 2.05) is 32.0 Å². The molecular weight excluding hydrogens is 374 g/mol. The van der Waals surface area contributed by atoms with Crippen molar-refractivity contribution in [3.05, 3.63) is 65.7 Å². The number of amides is 1. The molecule has 0 aliphatic carbocycles. The summed E-state index contributed by atoms with van der Waals surface area (Å²) in [5.74, 6) is -0.907. The minimum Gasteiger partial charge on any atom is -0.452 e. The number of anilines is 1. The van der Waals surface area contributed by atoms with Crippen molar-refractivity contribution in [3.8, 4) is 11.5 Å². The second kappa shape index (κ2) is 9.61. The largest absolute Gasteiger partial charge is 0.452 e. The van der Waals surface area contributed by atoms with Gasteiger partial charge in [0.2, 0.25) is 5.89 Å². The fraction of sp³-hybridized carbons (Fsp3) is 0.238. The van der Waals surface area contributed by atoms with Gasteiger partial charge in [-0.25, -0.2) is 4.79 Å². The Labute approximate surface area is 167 Å². The van der Waals surface area contributed by atoms with E-state index in [0.717, 1.165) is 11.1 Å². The summed E-state index contributed by atoms with van der Waals surface area (Å²) in [6.07, 6.45) is 0.126. The van der Waals surface area contributed by atoms with E-state index in [1.165, 1.54) is 0 Å². The molecule has 0 atom stereocenters. The highest BCUT2D eigenvalue weighted by atomic mass is 16.5.